The molecule has 2 aromatic heterocycles. The third kappa shape index (κ3) is 8.70. The van der Waals surface area contributed by atoms with E-state index < -0.39 is 21.9 Å². The van der Waals surface area contributed by atoms with Gasteiger partial charge in [0.2, 0.25) is 5.95 Å². The fourth-order valence-electron chi connectivity index (χ4n) is 3.76. The molecule has 2 unspecified atom stereocenters. The molecule has 14 heteroatoms. The van der Waals surface area contributed by atoms with E-state index in [0.29, 0.717) is 33.5 Å². The Hall–Kier alpha value is -5.08. The van der Waals surface area contributed by atoms with E-state index in [1.807, 2.05) is 19.1 Å². The summed E-state index contributed by atoms with van der Waals surface area (Å²) in [7, 11) is -2.98. The molecular formula is C29H32N8O5S. The van der Waals surface area contributed by atoms with E-state index in [4.69, 9.17) is 4.74 Å². The lowest BCUT2D eigenvalue weighted by Crippen LogP contribution is -2.21. The predicted molar refractivity (Wildman–Crippen MR) is 166 cm³/mol. The van der Waals surface area contributed by atoms with Crippen molar-refractivity contribution in [3.8, 4) is 11.1 Å². The minimum atomic E-state index is -2.98. The highest BCUT2D eigenvalue weighted by Crippen LogP contribution is 2.29. The van der Waals surface area contributed by atoms with E-state index in [0.717, 1.165) is 5.56 Å². The number of carbonyl (C=O) groups excluding carboxylic acids is 2. The number of anilines is 5. The van der Waals surface area contributed by atoms with Gasteiger partial charge in [-0.3, -0.25) is 5.32 Å². The van der Waals surface area contributed by atoms with Gasteiger partial charge in [0.1, 0.15) is 11.6 Å². The minimum absolute atomic E-state index is 0.116. The molecule has 0 spiro atoms. The van der Waals surface area contributed by atoms with Crippen molar-refractivity contribution in [3.05, 3.63) is 79.1 Å². The molecule has 0 radical (unpaired) electrons. The molecule has 0 saturated carbocycles. The zero-order valence-corrected chi connectivity index (χ0v) is 24.6. The second-order valence-corrected chi connectivity index (χ2v) is 11.6. The number of benzene rings is 2. The topological polar surface area (TPSA) is 180 Å². The van der Waals surface area contributed by atoms with Gasteiger partial charge in [0, 0.05) is 46.5 Å². The van der Waals surface area contributed by atoms with Gasteiger partial charge in [-0.05, 0) is 67.9 Å². The maximum Gasteiger partial charge on any atom is 0.442 e. The van der Waals surface area contributed by atoms with E-state index in [1.165, 1.54) is 6.26 Å². The molecule has 224 valence electrons. The number of amides is 3. The zero-order valence-electron chi connectivity index (χ0n) is 23.8. The first-order chi connectivity index (χ1) is 20.7. The number of hydrogen-bond acceptors (Lipinski definition) is 10. The van der Waals surface area contributed by atoms with Gasteiger partial charge in [-0.25, -0.2) is 23.8 Å². The van der Waals surface area contributed by atoms with Crippen molar-refractivity contribution >= 4 is 50.8 Å². The maximum atomic E-state index is 12.9. The Morgan fingerprint density at radius 3 is 2.37 bits per heavy atom. The minimum Gasteiger partial charge on any atom is -0.448 e. The van der Waals surface area contributed by atoms with Crippen LogP contribution in [0.3, 0.4) is 0 Å². The molecule has 4 aromatic rings. The highest BCUT2D eigenvalue weighted by molar-refractivity contribution is 7.93. The van der Waals surface area contributed by atoms with E-state index in [1.54, 1.807) is 73.9 Å². The molecule has 0 fully saturated rings. The molecule has 2 aromatic carbocycles. The molecule has 0 saturated heterocycles. The number of pyridine rings is 1. The SMILES string of the molecule is CCOC(=O)N=S(C)(=O)c1ccc(Nc2ncc(-c3ccc(NC(=O)Nc4ccccn4)cc3)c(NC(C)CO)n2)cc1. The third-order valence-corrected chi connectivity index (χ3v) is 7.51. The van der Waals surface area contributed by atoms with Crippen LogP contribution in [0.15, 0.2) is 88.4 Å². The van der Waals surface area contributed by atoms with Gasteiger partial charge in [0.25, 0.3) is 0 Å². The van der Waals surface area contributed by atoms with Crippen molar-refractivity contribution in [2.45, 2.75) is 24.8 Å². The van der Waals surface area contributed by atoms with Crippen molar-refractivity contribution < 1.29 is 23.6 Å². The lowest BCUT2D eigenvalue weighted by Gasteiger charge is -2.17. The van der Waals surface area contributed by atoms with Crippen LogP contribution in [0, 0.1) is 0 Å². The quantitative estimate of drug-likeness (QED) is 0.159. The monoisotopic (exact) mass is 604 g/mol. The Morgan fingerprint density at radius 1 is 1.00 bits per heavy atom. The van der Waals surface area contributed by atoms with Crippen LogP contribution in [0.4, 0.5) is 38.5 Å². The lowest BCUT2D eigenvalue weighted by atomic mass is 10.1. The normalized spacial score (nSPS) is 12.7. The van der Waals surface area contributed by atoms with Gasteiger partial charge in [-0.2, -0.15) is 4.98 Å². The second-order valence-electron chi connectivity index (χ2n) is 9.30. The Balaban J connectivity index is 1.51. The van der Waals surface area contributed by atoms with Crippen LogP contribution < -0.4 is 21.3 Å². The van der Waals surface area contributed by atoms with Gasteiger partial charge >= 0.3 is 12.1 Å². The highest BCUT2D eigenvalue weighted by Gasteiger charge is 2.14. The predicted octanol–water partition coefficient (Wildman–Crippen LogP) is 5.33. The van der Waals surface area contributed by atoms with Gasteiger partial charge in [0.05, 0.1) is 22.9 Å². The van der Waals surface area contributed by atoms with Crippen LogP contribution in [0.1, 0.15) is 13.8 Å². The first-order valence-corrected chi connectivity index (χ1v) is 15.2. The summed E-state index contributed by atoms with van der Waals surface area (Å²) in [4.78, 5) is 37.5. The number of urea groups is 1. The number of aromatic nitrogens is 3. The molecule has 43 heavy (non-hydrogen) atoms. The summed E-state index contributed by atoms with van der Waals surface area (Å²) in [6.45, 7) is 3.48. The van der Waals surface area contributed by atoms with Crippen molar-refractivity contribution in [1.29, 1.82) is 0 Å². The molecule has 4 rings (SSSR count). The number of rotatable bonds is 10. The summed E-state index contributed by atoms with van der Waals surface area (Å²) >= 11 is 0. The van der Waals surface area contributed by atoms with Crippen LogP contribution in [-0.4, -0.2) is 61.9 Å². The first-order valence-electron chi connectivity index (χ1n) is 13.3. The first kappa shape index (κ1) is 30.9. The van der Waals surface area contributed by atoms with Crippen LogP contribution >= 0.6 is 0 Å². The van der Waals surface area contributed by atoms with Gasteiger partial charge in [0.15, 0.2) is 0 Å². The average molecular weight is 605 g/mol. The highest BCUT2D eigenvalue weighted by atomic mass is 32.2. The summed E-state index contributed by atoms with van der Waals surface area (Å²) in [5, 5.41) is 21.4. The summed E-state index contributed by atoms with van der Waals surface area (Å²) in [6.07, 6.45) is 3.72. The molecular weight excluding hydrogens is 572 g/mol. The molecule has 3 amide bonds. The van der Waals surface area contributed by atoms with Gasteiger partial charge in [-0.1, -0.05) is 18.2 Å². The molecule has 5 N–H and O–H groups in total. The Labute approximate surface area is 249 Å². The number of aliphatic hydroxyl groups excluding tert-OH is 1. The molecule has 13 nitrogen and oxygen atoms in total. The van der Waals surface area contributed by atoms with E-state index in [-0.39, 0.29) is 25.2 Å². The number of carbonyl (C=O) groups is 2. The number of nitrogens with one attached hydrogen (secondary N) is 4. The fraction of sp³-hybridized carbons (Fsp3) is 0.207. The maximum absolute atomic E-state index is 12.9. The summed E-state index contributed by atoms with van der Waals surface area (Å²) < 4.78 is 21.3. The second kappa shape index (κ2) is 14.2. The van der Waals surface area contributed by atoms with Crippen molar-refractivity contribution in [3.63, 3.8) is 0 Å². The molecule has 0 aliphatic carbocycles. The fourth-order valence-corrected chi connectivity index (χ4v) is 4.84. The molecule has 0 aliphatic rings. The van der Waals surface area contributed by atoms with Crippen molar-refractivity contribution in [2.24, 2.45) is 4.36 Å². The average Bonchev–Trinajstić information content (AvgIpc) is 2.98. The molecule has 0 bridgehead atoms. The van der Waals surface area contributed by atoms with Crippen LogP contribution in [-0.2, 0) is 14.5 Å². The van der Waals surface area contributed by atoms with E-state index >= 15 is 0 Å². The summed E-state index contributed by atoms with van der Waals surface area (Å²) in [5.74, 6) is 1.19. The molecule has 0 aliphatic heterocycles. The van der Waals surface area contributed by atoms with Gasteiger partial charge in [-0.15, -0.1) is 4.36 Å². The van der Waals surface area contributed by atoms with E-state index in [9.17, 15) is 18.9 Å². The van der Waals surface area contributed by atoms with E-state index in [2.05, 4.69) is 40.6 Å². The van der Waals surface area contributed by atoms with Crippen molar-refractivity contribution in [1.82, 2.24) is 15.0 Å². The van der Waals surface area contributed by atoms with Crippen molar-refractivity contribution in [2.75, 3.05) is 40.7 Å². The third-order valence-electron chi connectivity index (χ3n) is 5.87. The number of hydrogen-bond donors (Lipinski definition) is 5. The van der Waals surface area contributed by atoms with Gasteiger partial charge < -0.3 is 25.8 Å². The summed E-state index contributed by atoms with van der Waals surface area (Å²) in [5.41, 5.74) is 2.65. The van der Waals surface area contributed by atoms with Crippen LogP contribution in [0.25, 0.3) is 11.1 Å². The zero-order chi connectivity index (χ0) is 30.8. The number of aliphatic hydroxyl groups is 1. The molecule has 2 heterocycles. The largest absolute Gasteiger partial charge is 0.448 e. The Morgan fingerprint density at radius 2 is 1.72 bits per heavy atom. The van der Waals surface area contributed by atoms with Crippen LogP contribution in [0.2, 0.25) is 0 Å². The smallest absolute Gasteiger partial charge is 0.442 e. The molecule has 2 atom stereocenters. The number of ether oxygens (including phenoxy) is 1. The Bertz CT molecular complexity index is 1680. The van der Waals surface area contributed by atoms with Crippen LogP contribution in [0.5, 0.6) is 0 Å². The standard InChI is InChI=1S/C29H32N8O5S/c1-4-42-29(40)37-43(3,41)23-14-12-21(13-15-23)33-27-31-17-24(26(36-27)32-19(2)18-38)20-8-10-22(11-9-20)34-28(39)35-25-7-5-6-16-30-25/h5-17,19,38H,4,18H2,1-3H3,(H2,30,34,35,39)(H2,31,32,33,36). The Kier molecular flexibility index (Phi) is 10.2. The summed E-state index contributed by atoms with van der Waals surface area (Å²) in [6, 6.07) is 18.2. The number of nitrogens with zero attached hydrogens (tertiary/aromatic N) is 4. The lowest BCUT2D eigenvalue weighted by molar-refractivity contribution is 0.164.